The molecule has 0 aromatic heterocycles. The van der Waals surface area contributed by atoms with Gasteiger partial charge in [0.05, 0.1) is 6.04 Å². The SMILES string of the molecule is CCC(C)C(NC(=O)C(N)CCC(=O)O)C(=O)NC(CCCN=C(N)N)C(=O)NCC(=O)O. The van der Waals surface area contributed by atoms with E-state index in [0.717, 1.165) is 0 Å². The summed E-state index contributed by atoms with van der Waals surface area (Å²) in [4.78, 5) is 63.0. The summed E-state index contributed by atoms with van der Waals surface area (Å²) in [5.74, 6) is -4.92. The van der Waals surface area contributed by atoms with Crippen molar-refractivity contribution in [3.05, 3.63) is 0 Å². The lowest BCUT2D eigenvalue weighted by Crippen LogP contribution is -2.57. The first-order valence-corrected chi connectivity index (χ1v) is 10.5. The largest absolute Gasteiger partial charge is 0.481 e. The monoisotopic (exact) mass is 473 g/mol. The predicted octanol–water partition coefficient (Wildman–Crippen LogP) is -2.55. The average Bonchev–Trinajstić information content (AvgIpc) is 2.74. The summed E-state index contributed by atoms with van der Waals surface area (Å²) < 4.78 is 0. The van der Waals surface area contributed by atoms with Gasteiger partial charge in [0.1, 0.15) is 18.6 Å². The van der Waals surface area contributed by atoms with Gasteiger partial charge in [-0.1, -0.05) is 20.3 Å². The molecule has 188 valence electrons. The third-order valence-electron chi connectivity index (χ3n) is 4.79. The van der Waals surface area contributed by atoms with E-state index in [4.69, 9.17) is 27.4 Å². The molecule has 0 rings (SSSR count). The van der Waals surface area contributed by atoms with Crippen molar-refractivity contribution in [1.29, 1.82) is 0 Å². The summed E-state index contributed by atoms with van der Waals surface area (Å²) in [6, 6.07) is -3.28. The number of hydrogen-bond acceptors (Lipinski definition) is 7. The summed E-state index contributed by atoms with van der Waals surface area (Å²) in [6.45, 7) is 3.06. The van der Waals surface area contributed by atoms with E-state index < -0.39 is 54.3 Å². The molecule has 0 spiro atoms. The Bertz CT molecular complexity index is 725. The van der Waals surface area contributed by atoms with Crippen LogP contribution in [0.3, 0.4) is 0 Å². The number of nitrogens with two attached hydrogens (primary N) is 3. The Morgan fingerprint density at radius 2 is 1.58 bits per heavy atom. The van der Waals surface area contributed by atoms with E-state index in [1.165, 1.54) is 0 Å². The maximum absolute atomic E-state index is 12.9. The van der Waals surface area contributed by atoms with Crippen LogP contribution < -0.4 is 33.2 Å². The Morgan fingerprint density at radius 1 is 0.939 bits per heavy atom. The van der Waals surface area contributed by atoms with Gasteiger partial charge in [-0.15, -0.1) is 0 Å². The number of rotatable bonds is 16. The van der Waals surface area contributed by atoms with Crippen LogP contribution in [0.4, 0.5) is 0 Å². The molecule has 0 aliphatic carbocycles. The number of carboxylic acids is 2. The predicted molar refractivity (Wildman–Crippen MR) is 119 cm³/mol. The van der Waals surface area contributed by atoms with Crippen LogP contribution in [0.5, 0.6) is 0 Å². The van der Waals surface area contributed by atoms with Gasteiger partial charge in [0.25, 0.3) is 0 Å². The highest BCUT2D eigenvalue weighted by molar-refractivity contribution is 5.93. The Kier molecular flexibility index (Phi) is 13.8. The van der Waals surface area contributed by atoms with E-state index in [9.17, 15) is 24.0 Å². The molecule has 0 aliphatic heterocycles. The van der Waals surface area contributed by atoms with Crippen LogP contribution in [-0.2, 0) is 24.0 Å². The molecule has 4 atom stereocenters. The number of carbonyl (C=O) groups is 5. The number of aliphatic imine (C=N–C) groups is 1. The highest BCUT2D eigenvalue weighted by Crippen LogP contribution is 2.10. The summed E-state index contributed by atoms with van der Waals surface area (Å²) >= 11 is 0. The van der Waals surface area contributed by atoms with Gasteiger partial charge in [-0.05, 0) is 25.2 Å². The molecule has 0 saturated carbocycles. The third kappa shape index (κ3) is 12.9. The fraction of sp³-hybridized carbons (Fsp3) is 0.684. The normalized spacial score (nSPS) is 14.2. The van der Waals surface area contributed by atoms with Gasteiger partial charge in [0.15, 0.2) is 5.96 Å². The quantitative estimate of drug-likeness (QED) is 0.0661. The minimum atomic E-state index is -1.26. The highest BCUT2D eigenvalue weighted by atomic mass is 16.4. The van der Waals surface area contributed by atoms with Gasteiger partial charge in [-0.3, -0.25) is 29.0 Å². The second-order valence-electron chi connectivity index (χ2n) is 7.53. The number of nitrogens with zero attached hydrogens (tertiary/aromatic N) is 1. The van der Waals surface area contributed by atoms with Gasteiger partial charge in [0, 0.05) is 13.0 Å². The van der Waals surface area contributed by atoms with Crippen molar-refractivity contribution in [3.63, 3.8) is 0 Å². The summed E-state index contributed by atoms with van der Waals surface area (Å²) in [5.41, 5.74) is 16.2. The van der Waals surface area contributed by atoms with Gasteiger partial charge in [0.2, 0.25) is 17.7 Å². The Labute approximate surface area is 191 Å². The van der Waals surface area contributed by atoms with Crippen molar-refractivity contribution >= 4 is 35.6 Å². The fourth-order valence-corrected chi connectivity index (χ4v) is 2.69. The van der Waals surface area contributed by atoms with Crippen LogP contribution in [0, 0.1) is 5.92 Å². The molecule has 14 heteroatoms. The smallest absolute Gasteiger partial charge is 0.322 e. The third-order valence-corrected chi connectivity index (χ3v) is 4.79. The Morgan fingerprint density at radius 3 is 2.09 bits per heavy atom. The zero-order chi connectivity index (χ0) is 25.6. The molecular weight excluding hydrogens is 438 g/mol. The summed E-state index contributed by atoms with van der Waals surface area (Å²) in [7, 11) is 0. The molecule has 0 heterocycles. The Hall–Kier alpha value is -3.42. The molecule has 0 fully saturated rings. The molecule has 14 nitrogen and oxygen atoms in total. The zero-order valence-corrected chi connectivity index (χ0v) is 18.9. The molecule has 0 radical (unpaired) electrons. The van der Waals surface area contributed by atoms with Crippen molar-refractivity contribution < 1.29 is 34.2 Å². The lowest BCUT2D eigenvalue weighted by atomic mass is 9.97. The van der Waals surface area contributed by atoms with E-state index in [0.29, 0.717) is 12.8 Å². The Balaban J connectivity index is 5.35. The van der Waals surface area contributed by atoms with Crippen LogP contribution in [0.1, 0.15) is 46.0 Å². The van der Waals surface area contributed by atoms with Gasteiger partial charge in [-0.25, -0.2) is 0 Å². The zero-order valence-electron chi connectivity index (χ0n) is 18.9. The van der Waals surface area contributed by atoms with Crippen LogP contribution in [0.15, 0.2) is 4.99 Å². The molecule has 4 unspecified atom stereocenters. The molecule has 0 bridgehead atoms. The number of carbonyl (C=O) groups excluding carboxylic acids is 3. The first-order chi connectivity index (χ1) is 15.4. The molecule has 3 amide bonds. The molecule has 0 aromatic carbocycles. The maximum Gasteiger partial charge on any atom is 0.322 e. The van der Waals surface area contributed by atoms with E-state index in [1.807, 2.05) is 0 Å². The topological polar surface area (TPSA) is 252 Å². The minimum absolute atomic E-state index is 0.104. The minimum Gasteiger partial charge on any atom is -0.481 e. The molecule has 0 aromatic rings. The van der Waals surface area contributed by atoms with Crippen LogP contribution in [-0.4, -0.2) is 77.0 Å². The fourth-order valence-electron chi connectivity index (χ4n) is 2.69. The van der Waals surface area contributed by atoms with E-state index >= 15 is 0 Å². The first kappa shape index (κ1) is 29.6. The van der Waals surface area contributed by atoms with E-state index in [-0.39, 0.29) is 37.7 Å². The van der Waals surface area contributed by atoms with Crippen molar-refractivity contribution in [2.24, 2.45) is 28.1 Å². The highest BCUT2D eigenvalue weighted by Gasteiger charge is 2.31. The number of aliphatic carboxylic acids is 2. The number of hydrogen-bond donors (Lipinski definition) is 8. The van der Waals surface area contributed by atoms with Gasteiger partial charge >= 0.3 is 11.9 Å². The van der Waals surface area contributed by atoms with Crippen LogP contribution in [0.25, 0.3) is 0 Å². The maximum atomic E-state index is 12.9. The van der Waals surface area contributed by atoms with Crippen LogP contribution in [0.2, 0.25) is 0 Å². The second-order valence-corrected chi connectivity index (χ2v) is 7.53. The number of carboxylic acid groups (broad SMARTS) is 2. The number of guanidine groups is 1. The molecule has 33 heavy (non-hydrogen) atoms. The van der Waals surface area contributed by atoms with Gasteiger partial charge < -0.3 is 43.4 Å². The molecule has 0 saturated heterocycles. The first-order valence-electron chi connectivity index (χ1n) is 10.5. The second kappa shape index (κ2) is 15.4. The summed E-state index contributed by atoms with van der Waals surface area (Å²) in [5, 5.41) is 24.8. The van der Waals surface area contributed by atoms with Gasteiger partial charge in [-0.2, -0.15) is 0 Å². The number of nitrogens with one attached hydrogen (secondary N) is 3. The van der Waals surface area contributed by atoms with Crippen molar-refractivity contribution in [2.45, 2.75) is 64.1 Å². The molecular formula is C19H35N7O7. The lowest BCUT2D eigenvalue weighted by molar-refractivity contribution is -0.139. The van der Waals surface area contributed by atoms with Crippen LogP contribution >= 0.6 is 0 Å². The summed E-state index contributed by atoms with van der Waals surface area (Å²) in [6.07, 6.45) is 0.498. The number of amides is 3. The molecule has 0 aliphatic rings. The van der Waals surface area contributed by atoms with Crippen molar-refractivity contribution in [2.75, 3.05) is 13.1 Å². The lowest BCUT2D eigenvalue weighted by Gasteiger charge is -2.27. The molecule has 11 N–H and O–H groups in total. The van der Waals surface area contributed by atoms with E-state index in [2.05, 4.69) is 20.9 Å². The van der Waals surface area contributed by atoms with Crippen molar-refractivity contribution in [1.82, 2.24) is 16.0 Å². The van der Waals surface area contributed by atoms with E-state index in [1.54, 1.807) is 13.8 Å². The average molecular weight is 474 g/mol. The van der Waals surface area contributed by atoms with Crippen molar-refractivity contribution in [3.8, 4) is 0 Å². The standard InChI is InChI=1S/C19H35N7O7/c1-3-10(2)15(26-16(31)11(20)6-7-13(27)28)18(33)25-12(5-4-8-23-19(21)22)17(32)24-9-14(29)30/h10-12,15H,3-9,20H2,1-2H3,(H,24,32)(H,25,33)(H,26,31)(H,27,28)(H,29,30)(H4,21,22,23).